The van der Waals surface area contributed by atoms with Crippen LogP contribution in [-0.4, -0.2) is 43.8 Å². The SMILES string of the molecule is O=C(O)CCc1ccc(C=CC=C2SC(=S)N(CC(=O)O)C2=O)cc1. The van der Waals surface area contributed by atoms with Gasteiger partial charge in [0, 0.05) is 6.42 Å². The summed E-state index contributed by atoms with van der Waals surface area (Å²) in [6.45, 7) is -0.441. The lowest BCUT2D eigenvalue weighted by molar-refractivity contribution is -0.140. The van der Waals surface area contributed by atoms with Crippen molar-refractivity contribution in [1.82, 2.24) is 4.90 Å². The maximum Gasteiger partial charge on any atom is 0.323 e. The van der Waals surface area contributed by atoms with Crippen molar-refractivity contribution in [3.8, 4) is 0 Å². The molecule has 1 aliphatic heterocycles. The van der Waals surface area contributed by atoms with Crippen LogP contribution in [0.1, 0.15) is 17.5 Å². The molecule has 1 aromatic rings. The number of hydrogen-bond donors (Lipinski definition) is 2. The smallest absolute Gasteiger partial charge is 0.323 e. The van der Waals surface area contributed by atoms with Gasteiger partial charge in [-0.1, -0.05) is 60.4 Å². The number of aliphatic carboxylic acids is 2. The van der Waals surface area contributed by atoms with E-state index in [2.05, 4.69) is 0 Å². The summed E-state index contributed by atoms with van der Waals surface area (Å²) >= 11 is 6.08. The van der Waals surface area contributed by atoms with Crippen molar-refractivity contribution in [2.24, 2.45) is 0 Å². The zero-order valence-corrected chi connectivity index (χ0v) is 14.7. The molecule has 25 heavy (non-hydrogen) atoms. The molecule has 1 fully saturated rings. The summed E-state index contributed by atoms with van der Waals surface area (Å²) < 4.78 is 0.231. The Bertz CT molecular complexity index is 768. The average Bonchev–Trinajstić information content (AvgIpc) is 2.81. The van der Waals surface area contributed by atoms with E-state index in [9.17, 15) is 14.4 Å². The van der Waals surface area contributed by atoms with Gasteiger partial charge in [-0.15, -0.1) is 0 Å². The highest BCUT2D eigenvalue weighted by atomic mass is 32.2. The topological polar surface area (TPSA) is 94.9 Å². The number of nitrogens with zero attached hydrogens (tertiary/aromatic N) is 1. The number of carbonyl (C=O) groups is 3. The molecule has 1 saturated heterocycles. The Hall–Kier alpha value is -2.45. The second kappa shape index (κ2) is 8.59. The first kappa shape index (κ1) is 18.9. The van der Waals surface area contributed by atoms with E-state index in [1.54, 1.807) is 18.2 Å². The Labute approximate surface area is 153 Å². The Balaban J connectivity index is 1.99. The molecule has 1 aliphatic rings. The van der Waals surface area contributed by atoms with E-state index in [4.69, 9.17) is 22.4 Å². The fraction of sp³-hybridized carbons (Fsp3) is 0.176. The number of allylic oxidation sites excluding steroid dienone is 2. The van der Waals surface area contributed by atoms with Gasteiger partial charge in [-0.05, 0) is 23.6 Å². The molecule has 6 nitrogen and oxygen atoms in total. The normalized spacial score (nSPS) is 16.2. The third-order valence-electron chi connectivity index (χ3n) is 3.31. The van der Waals surface area contributed by atoms with Crippen LogP contribution >= 0.6 is 24.0 Å². The number of amides is 1. The molecular weight excluding hydrogens is 362 g/mol. The van der Waals surface area contributed by atoms with Gasteiger partial charge in [-0.25, -0.2) is 0 Å². The predicted octanol–water partition coefficient (Wildman–Crippen LogP) is 2.55. The number of carboxylic acids is 2. The second-order valence-electron chi connectivity index (χ2n) is 5.18. The molecule has 1 aromatic carbocycles. The first-order valence-corrected chi connectivity index (χ1v) is 8.54. The first-order valence-electron chi connectivity index (χ1n) is 7.31. The van der Waals surface area contributed by atoms with E-state index in [1.807, 2.05) is 24.3 Å². The van der Waals surface area contributed by atoms with E-state index < -0.39 is 24.4 Å². The molecule has 2 N–H and O–H groups in total. The number of aryl methyl sites for hydroxylation is 1. The summed E-state index contributed by atoms with van der Waals surface area (Å²) in [5.41, 5.74) is 1.84. The van der Waals surface area contributed by atoms with Crippen LogP contribution in [0.2, 0.25) is 0 Å². The minimum Gasteiger partial charge on any atom is -0.481 e. The van der Waals surface area contributed by atoms with E-state index in [0.717, 1.165) is 27.8 Å². The van der Waals surface area contributed by atoms with Crippen molar-refractivity contribution < 1.29 is 24.6 Å². The van der Waals surface area contributed by atoms with Crippen molar-refractivity contribution >= 4 is 52.2 Å². The lowest BCUT2D eigenvalue weighted by Gasteiger charge is -2.09. The van der Waals surface area contributed by atoms with Crippen LogP contribution in [0.4, 0.5) is 0 Å². The van der Waals surface area contributed by atoms with Crippen LogP contribution in [0.3, 0.4) is 0 Å². The maximum absolute atomic E-state index is 12.1. The lowest BCUT2D eigenvalue weighted by atomic mass is 10.1. The van der Waals surface area contributed by atoms with Gasteiger partial charge in [0.25, 0.3) is 5.91 Å². The van der Waals surface area contributed by atoms with Gasteiger partial charge < -0.3 is 10.2 Å². The lowest BCUT2D eigenvalue weighted by Crippen LogP contribution is -2.33. The van der Waals surface area contributed by atoms with E-state index in [0.29, 0.717) is 11.3 Å². The molecule has 0 unspecified atom stereocenters. The molecule has 130 valence electrons. The van der Waals surface area contributed by atoms with Crippen molar-refractivity contribution in [3.05, 3.63) is 52.4 Å². The van der Waals surface area contributed by atoms with E-state index in [1.165, 1.54) is 0 Å². The quantitative estimate of drug-likeness (QED) is 0.557. The van der Waals surface area contributed by atoms with Gasteiger partial charge >= 0.3 is 11.9 Å². The number of thioether (sulfide) groups is 1. The highest BCUT2D eigenvalue weighted by molar-refractivity contribution is 8.26. The van der Waals surface area contributed by atoms with Gasteiger partial charge in [-0.2, -0.15) is 0 Å². The number of thiocarbonyl (C=S) groups is 1. The van der Waals surface area contributed by atoms with Gasteiger partial charge in [-0.3, -0.25) is 19.3 Å². The van der Waals surface area contributed by atoms with Crippen LogP contribution in [0.15, 0.2) is 41.3 Å². The minimum atomic E-state index is -1.11. The number of rotatable bonds is 7. The Morgan fingerprint density at radius 1 is 1.16 bits per heavy atom. The largest absolute Gasteiger partial charge is 0.481 e. The summed E-state index contributed by atoms with van der Waals surface area (Å²) in [7, 11) is 0. The fourth-order valence-corrected chi connectivity index (χ4v) is 3.29. The van der Waals surface area contributed by atoms with Crippen molar-refractivity contribution in [1.29, 1.82) is 0 Å². The van der Waals surface area contributed by atoms with Gasteiger partial charge in [0.05, 0.1) is 4.91 Å². The van der Waals surface area contributed by atoms with Crippen LogP contribution in [0.5, 0.6) is 0 Å². The summed E-state index contributed by atoms with van der Waals surface area (Å²) in [5.74, 6) is -2.36. The molecule has 0 radical (unpaired) electrons. The van der Waals surface area contributed by atoms with E-state index >= 15 is 0 Å². The number of benzene rings is 1. The molecule has 1 heterocycles. The Kier molecular flexibility index (Phi) is 6.49. The van der Waals surface area contributed by atoms with E-state index in [-0.39, 0.29) is 10.7 Å². The van der Waals surface area contributed by atoms with Crippen LogP contribution in [0.25, 0.3) is 6.08 Å². The number of carbonyl (C=O) groups excluding carboxylic acids is 1. The third-order valence-corrected chi connectivity index (χ3v) is 4.71. The maximum atomic E-state index is 12.1. The first-order chi connectivity index (χ1) is 11.9. The number of hydrogen-bond acceptors (Lipinski definition) is 5. The molecular formula is C17H15NO5S2. The molecule has 8 heteroatoms. The molecule has 2 rings (SSSR count). The van der Waals surface area contributed by atoms with Crippen LogP contribution < -0.4 is 0 Å². The highest BCUT2D eigenvalue weighted by Gasteiger charge is 2.32. The fourth-order valence-electron chi connectivity index (χ4n) is 2.08. The highest BCUT2D eigenvalue weighted by Crippen LogP contribution is 2.30. The Morgan fingerprint density at radius 3 is 2.44 bits per heavy atom. The van der Waals surface area contributed by atoms with Crippen LogP contribution in [-0.2, 0) is 20.8 Å². The molecule has 0 atom stereocenters. The van der Waals surface area contributed by atoms with Crippen LogP contribution in [0, 0.1) is 0 Å². The molecule has 0 saturated carbocycles. The molecule has 1 amide bonds. The molecule has 0 aromatic heterocycles. The molecule has 0 aliphatic carbocycles. The second-order valence-corrected chi connectivity index (χ2v) is 6.85. The summed E-state index contributed by atoms with van der Waals surface area (Å²) in [6, 6.07) is 7.43. The van der Waals surface area contributed by atoms with Gasteiger partial charge in [0.15, 0.2) is 0 Å². The van der Waals surface area contributed by atoms with Crippen molar-refractivity contribution in [2.45, 2.75) is 12.8 Å². The van der Waals surface area contributed by atoms with Gasteiger partial charge in [0.1, 0.15) is 10.9 Å². The standard InChI is InChI=1S/C17H15NO5S2/c19-14(20)9-8-12-6-4-11(5-7-12)2-1-3-13-16(23)18(10-15(21)22)17(24)25-13/h1-7H,8-10H2,(H,19,20)(H,21,22). The predicted molar refractivity (Wildman–Crippen MR) is 99.1 cm³/mol. The third kappa shape index (κ3) is 5.54. The monoisotopic (exact) mass is 377 g/mol. The zero-order valence-electron chi connectivity index (χ0n) is 13.0. The average molecular weight is 377 g/mol. The summed E-state index contributed by atoms with van der Waals surface area (Å²) in [5, 5.41) is 17.4. The molecule has 0 bridgehead atoms. The van der Waals surface area contributed by atoms with Gasteiger partial charge in [0.2, 0.25) is 0 Å². The number of carboxylic acid groups (broad SMARTS) is 2. The van der Waals surface area contributed by atoms with Crippen molar-refractivity contribution in [3.63, 3.8) is 0 Å². The zero-order chi connectivity index (χ0) is 18.4. The minimum absolute atomic E-state index is 0.0906. The molecule has 0 spiro atoms. The van der Waals surface area contributed by atoms with Crippen molar-refractivity contribution in [2.75, 3.05) is 6.54 Å². The summed E-state index contributed by atoms with van der Waals surface area (Å²) in [4.78, 5) is 34.8. The summed E-state index contributed by atoms with van der Waals surface area (Å²) in [6.07, 6.45) is 5.66. The Morgan fingerprint density at radius 2 is 1.84 bits per heavy atom.